The van der Waals surface area contributed by atoms with E-state index in [-0.39, 0.29) is 17.0 Å². The lowest BCUT2D eigenvalue weighted by Gasteiger charge is -2.36. The van der Waals surface area contributed by atoms with Crippen LogP contribution in [0.4, 0.5) is 0 Å². The second-order valence-electron chi connectivity index (χ2n) is 9.48. The molecule has 0 saturated carbocycles. The number of nitrogens with one attached hydrogen (secondary N) is 1. The maximum atomic E-state index is 12.1. The molecule has 0 aliphatic rings. The molecule has 0 rings (SSSR count). The molecule has 0 heterocycles. The standard InChI is InChI=1S/C21H44N2O2/c1-8-13-19(2,3)17-21(6,7)25-16-14-20(4,5)23-18(24)12-10-9-11-15-22/h8-17,22H2,1-7H3,(H,23,24). The van der Waals surface area contributed by atoms with Gasteiger partial charge < -0.3 is 15.8 Å². The summed E-state index contributed by atoms with van der Waals surface area (Å²) in [6.45, 7) is 16.7. The van der Waals surface area contributed by atoms with E-state index in [0.29, 0.717) is 25.0 Å². The van der Waals surface area contributed by atoms with Crippen molar-refractivity contribution in [3.05, 3.63) is 0 Å². The molecule has 1 amide bonds. The number of carbonyl (C=O) groups excluding carboxylic acids is 1. The van der Waals surface area contributed by atoms with E-state index in [2.05, 4.69) is 53.8 Å². The topological polar surface area (TPSA) is 64.3 Å². The van der Waals surface area contributed by atoms with E-state index in [1.54, 1.807) is 0 Å². The molecule has 0 aromatic rings. The number of nitrogens with two attached hydrogens (primary N) is 1. The number of hydrogen-bond donors (Lipinski definition) is 2. The molecule has 4 nitrogen and oxygen atoms in total. The highest BCUT2D eigenvalue weighted by Gasteiger charge is 2.29. The van der Waals surface area contributed by atoms with E-state index in [4.69, 9.17) is 10.5 Å². The van der Waals surface area contributed by atoms with E-state index in [1.807, 2.05) is 0 Å². The van der Waals surface area contributed by atoms with Crippen LogP contribution in [-0.4, -0.2) is 30.2 Å². The van der Waals surface area contributed by atoms with Crippen molar-refractivity contribution >= 4 is 5.91 Å². The largest absolute Gasteiger partial charge is 0.375 e. The first-order chi connectivity index (χ1) is 11.4. The molecule has 0 atom stereocenters. The summed E-state index contributed by atoms with van der Waals surface area (Å²) in [5.74, 6) is 0.130. The number of amides is 1. The zero-order valence-corrected chi connectivity index (χ0v) is 18.0. The summed E-state index contributed by atoms with van der Waals surface area (Å²) in [5.41, 5.74) is 5.40. The molecule has 0 spiro atoms. The summed E-state index contributed by atoms with van der Waals surface area (Å²) in [6, 6.07) is 0. The van der Waals surface area contributed by atoms with Crippen LogP contribution in [0, 0.1) is 5.41 Å². The smallest absolute Gasteiger partial charge is 0.220 e. The minimum absolute atomic E-state index is 0.130. The molecule has 0 aliphatic heterocycles. The molecule has 0 fully saturated rings. The Morgan fingerprint density at radius 3 is 2.20 bits per heavy atom. The Morgan fingerprint density at radius 2 is 1.64 bits per heavy atom. The second-order valence-corrected chi connectivity index (χ2v) is 9.48. The summed E-state index contributed by atoms with van der Waals surface area (Å²) < 4.78 is 6.18. The fourth-order valence-electron chi connectivity index (χ4n) is 3.66. The van der Waals surface area contributed by atoms with Crippen LogP contribution in [0.5, 0.6) is 0 Å². The van der Waals surface area contributed by atoms with Crippen molar-refractivity contribution in [2.45, 2.75) is 111 Å². The molecule has 25 heavy (non-hydrogen) atoms. The fraction of sp³-hybridized carbons (Fsp3) is 0.952. The number of ether oxygens (including phenoxy) is 1. The van der Waals surface area contributed by atoms with Crippen LogP contribution < -0.4 is 11.1 Å². The maximum absolute atomic E-state index is 12.1. The lowest BCUT2D eigenvalue weighted by Crippen LogP contribution is -2.44. The number of rotatable bonds is 14. The van der Waals surface area contributed by atoms with Crippen LogP contribution in [0.15, 0.2) is 0 Å². The van der Waals surface area contributed by atoms with Gasteiger partial charge >= 0.3 is 0 Å². The molecular weight excluding hydrogens is 312 g/mol. The summed E-state index contributed by atoms with van der Waals surface area (Å²) in [5, 5.41) is 3.14. The van der Waals surface area contributed by atoms with Crippen LogP contribution in [0.2, 0.25) is 0 Å². The van der Waals surface area contributed by atoms with E-state index >= 15 is 0 Å². The Kier molecular flexibility index (Phi) is 10.9. The predicted octanol–water partition coefficient (Wildman–Crippen LogP) is 4.80. The first kappa shape index (κ1) is 24.4. The molecule has 0 aliphatic carbocycles. The molecule has 150 valence electrons. The Morgan fingerprint density at radius 1 is 1.00 bits per heavy atom. The van der Waals surface area contributed by atoms with Crippen LogP contribution in [0.1, 0.15) is 99.8 Å². The van der Waals surface area contributed by atoms with Crippen molar-refractivity contribution < 1.29 is 9.53 Å². The van der Waals surface area contributed by atoms with E-state index < -0.39 is 0 Å². The van der Waals surface area contributed by atoms with Gasteiger partial charge in [0.05, 0.1) is 5.60 Å². The molecule has 0 radical (unpaired) electrons. The van der Waals surface area contributed by atoms with Crippen molar-refractivity contribution in [1.82, 2.24) is 5.32 Å². The third kappa shape index (κ3) is 13.3. The predicted molar refractivity (Wildman–Crippen MR) is 108 cm³/mol. The lowest BCUT2D eigenvalue weighted by molar-refractivity contribution is -0.123. The van der Waals surface area contributed by atoms with Gasteiger partial charge in [0, 0.05) is 18.6 Å². The summed E-state index contributed by atoms with van der Waals surface area (Å²) in [6.07, 6.45) is 7.79. The Hall–Kier alpha value is -0.610. The molecule has 0 bridgehead atoms. The third-order valence-corrected chi connectivity index (χ3v) is 4.64. The Bertz CT molecular complexity index is 376. The second kappa shape index (κ2) is 11.2. The van der Waals surface area contributed by atoms with Crippen molar-refractivity contribution in [1.29, 1.82) is 0 Å². The molecule has 0 aromatic carbocycles. The van der Waals surface area contributed by atoms with Crippen LogP contribution in [-0.2, 0) is 9.53 Å². The van der Waals surface area contributed by atoms with Crippen LogP contribution in [0.25, 0.3) is 0 Å². The average molecular weight is 357 g/mol. The minimum Gasteiger partial charge on any atom is -0.375 e. The van der Waals surface area contributed by atoms with Gasteiger partial charge in [0.1, 0.15) is 0 Å². The summed E-state index contributed by atoms with van der Waals surface area (Å²) in [7, 11) is 0. The van der Waals surface area contributed by atoms with Gasteiger partial charge in [-0.25, -0.2) is 0 Å². The highest BCUT2D eigenvalue weighted by Crippen LogP contribution is 2.34. The zero-order valence-electron chi connectivity index (χ0n) is 18.0. The van der Waals surface area contributed by atoms with Crippen molar-refractivity contribution in [2.24, 2.45) is 11.1 Å². The number of unbranched alkanes of at least 4 members (excludes halogenated alkanes) is 2. The average Bonchev–Trinajstić information content (AvgIpc) is 2.41. The van der Waals surface area contributed by atoms with E-state index in [9.17, 15) is 4.79 Å². The first-order valence-corrected chi connectivity index (χ1v) is 10.1. The molecule has 3 N–H and O–H groups in total. The van der Waals surface area contributed by atoms with Gasteiger partial charge in [-0.05, 0) is 71.8 Å². The first-order valence-electron chi connectivity index (χ1n) is 10.1. The molecule has 0 aromatic heterocycles. The van der Waals surface area contributed by atoms with Gasteiger partial charge in [-0.15, -0.1) is 0 Å². The lowest BCUT2D eigenvalue weighted by atomic mass is 9.78. The van der Waals surface area contributed by atoms with Crippen molar-refractivity contribution in [3.8, 4) is 0 Å². The minimum atomic E-state index is -0.236. The van der Waals surface area contributed by atoms with Crippen molar-refractivity contribution in [2.75, 3.05) is 13.2 Å². The van der Waals surface area contributed by atoms with Crippen LogP contribution in [0.3, 0.4) is 0 Å². The molecule has 4 heteroatoms. The Labute approximate surface area is 156 Å². The van der Waals surface area contributed by atoms with Gasteiger partial charge in [0.15, 0.2) is 0 Å². The normalized spacial score (nSPS) is 13.1. The quantitative estimate of drug-likeness (QED) is 0.439. The van der Waals surface area contributed by atoms with Gasteiger partial charge in [-0.1, -0.05) is 33.6 Å². The fourth-order valence-corrected chi connectivity index (χ4v) is 3.66. The molecule has 0 saturated heterocycles. The van der Waals surface area contributed by atoms with Crippen molar-refractivity contribution in [3.63, 3.8) is 0 Å². The number of hydrogen-bond acceptors (Lipinski definition) is 3. The summed E-state index contributed by atoms with van der Waals surface area (Å²) in [4.78, 5) is 12.1. The van der Waals surface area contributed by atoms with Gasteiger partial charge in [0.2, 0.25) is 5.91 Å². The van der Waals surface area contributed by atoms with E-state index in [1.165, 1.54) is 12.8 Å². The Balaban J connectivity index is 4.20. The highest BCUT2D eigenvalue weighted by molar-refractivity contribution is 5.76. The number of carbonyl (C=O) groups is 1. The highest BCUT2D eigenvalue weighted by atomic mass is 16.5. The summed E-state index contributed by atoms with van der Waals surface area (Å²) >= 11 is 0. The maximum Gasteiger partial charge on any atom is 0.220 e. The van der Waals surface area contributed by atoms with Gasteiger partial charge in [-0.2, -0.15) is 0 Å². The van der Waals surface area contributed by atoms with Gasteiger partial charge in [-0.3, -0.25) is 4.79 Å². The van der Waals surface area contributed by atoms with E-state index in [0.717, 1.165) is 32.1 Å². The third-order valence-electron chi connectivity index (χ3n) is 4.64. The zero-order chi connectivity index (χ0) is 19.6. The molecular formula is C21H44N2O2. The van der Waals surface area contributed by atoms with Crippen LogP contribution >= 0.6 is 0 Å². The monoisotopic (exact) mass is 356 g/mol. The SMILES string of the molecule is CCCC(C)(C)CC(C)(C)OCCC(C)(C)NC(=O)CCCCCN. The van der Waals surface area contributed by atoms with Gasteiger partial charge in [0.25, 0.3) is 0 Å². The molecule has 0 unspecified atom stereocenters.